The van der Waals surface area contributed by atoms with Crippen molar-refractivity contribution in [2.24, 2.45) is 0 Å². The predicted molar refractivity (Wildman–Crippen MR) is 60.2 cm³/mol. The minimum atomic E-state index is -3.30. The third kappa shape index (κ3) is 3.70. The molecule has 7 heteroatoms. The summed E-state index contributed by atoms with van der Waals surface area (Å²) in [5, 5.41) is 8.85. The van der Waals surface area contributed by atoms with Crippen molar-refractivity contribution < 1.29 is 27.9 Å². The van der Waals surface area contributed by atoms with Gasteiger partial charge in [-0.3, -0.25) is 4.57 Å². The van der Waals surface area contributed by atoms with Gasteiger partial charge in [-0.25, -0.2) is 4.79 Å². The number of hydrogen-bond acceptors (Lipinski definition) is 5. The van der Waals surface area contributed by atoms with Crippen LogP contribution in [-0.4, -0.2) is 24.3 Å². The van der Waals surface area contributed by atoms with Crippen molar-refractivity contribution in [3.63, 3.8) is 0 Å². The van der Waals surface area contributed by atoms with E-state index in [0.717, 1.165) is 0 Å². The average molecular weight is 262 g/mol. The summed E-state index contributed by atoms with van der Waals surface area (Å²) in [5.41, 5.74) is 0.308. The maximum absolute atomic E-state index is 12.2. The van der Waals surface area contributed by atoms with Gasteiger partial charge in [-0.2, -0.15) is 0 Å². The number of rotatable bonds is 7. The lowest BCUT2D eigenvalue weighted by Gasteiger charge is -2.16. The topological polar surface area (TPSA) is 86.0 Å². The van der Waals surface area contributed by atoms with Crippen molar-refractivity contribution in [3.05, 3.63) is 23.7 Å². The minimum absolute atomic E-state index is 0.104. The van der Waals surface area contributed by atoms with Crippen molar-refractivity contribution >= 4 is 13.6 Å². The van der Waals surface area contributed by atoms with Crippen LogP contribution in [0.1, 0.15) is 30.0 Å². The van der Waals surface area contributed by atoms with Crippen LogP contribution in [0.25, 0.3) is 0 Å². The highest BCUT2D eigenvalue weighted by Crippen LogP contribution is 2.51. The maximum Gasteiger partial charge on any atom is 0.372 e. The van der Waals surface area contributed by atoms with E-state index in [0.29, 0.717) is 5.56 Å². The summed E-state index contributed by atoms with van der Waals surface area (Å²) < 4.78 is 27.1. The molecule has 1 aromatic heterocycles. The highest BCUT2D eigenvalue weighted by molar-refractivity contribution is 7.53. The van der Waals surface area contributed by atoms with Crippen molar-refractivity contribution in [1.29, 1.82) is 0 Å². The summed E-state index contributed by atoms with van der Waals surface area (Å²) in [5.74, 6) is -1.44. The van der Waals surface area contributed by atoms with Crippen LogP contribution >= 0.6 is 7.60 Å². The third-order valence-electron chi connectivity index (χ3n) is 1.96. The Morgan fingerprint density at radius 1 is 1.41 bits per heavy atom. The van der Waals surface area contributed by atoms with Crippen LogP contribution in [0.5, 0.6) is 0 Å². The van der Waals surface area contributed by atoms with Gasteiger partial charge in [-0.05, 0) is 19.9 Å². The predicted octanol–water partition coefficient (Wildman–Crippen LogP) is 2.74. The van der Waals surface area contributed by atoms with E-state index in [9.17, 15) is 9.36 Å². The van der Waals surface area contributed by atoms with Crippen molar-refractivity contribution in [2.45, 2.75) is 20.0 Å². The SMILES string of the molecule is CCOP(=O)(Cc1ccoc1C(=O)O)OCC. The molecule has 0 saturated heterocycles. The zero-order chi connectivity index (χ0) is 12.9. The van der Waals surface area contributed by atoms with Gasteiger partial charge in [-0.1, -0.05) is 0 Å². The minimum Gasteiger partial charge on any atom is -0.475 e. The van der Waals surface area contributed by atoms with Crippen LogP contribution in [0.4, 0.5) is 0 Å². The lowest BCUT2D eigenvalue weighted by molar-refractivity contribution is 0.0661. The zero-order valence-corrected chi connectivity index (χ0v) is 10.6. The Labute approximate surface area is 99.1 Å². The van der Waals surface area contributed by atoms with Gasteiger partial charge < -0.3 is 18.6 Å². The molecule has 0 bridgehead atoms. The van der Waals surface area contributed by atoms with Gasteiger partial charge in [0.2, 0.25) is 5.76 Å². The maximum atomic E-state index is 12.2. The highest BCUT2D eigenvalue weighted by Gasteiger charge is 2.28. The fourth-order valence-corrected chi connectivity index (χ4v) is 3.09. The number of carbonyl (C=O) groups is 1. The van der Waals surface area contributed by atoms with Crippen LogP contribution in [0.2, 0.25) is 0 Å². The summed E-state index contributed by atoms with van der Waals surface area (Å²) in [4.78, 5) is 10.8. The van der Waals surface area contributed by atoms with Crippen LogP contribution in [0.15, 0.2) is 16.7 Å². The fourth-order valence-electron chi connectivity index (χ4n) is 1.38. The number of furan rings is 1. The number of hydrogen-bond donors (Lipinski definition) is 1. The van der Waals surface area contributed by atoms with Crippen molar-refractivity contribution in [3.8, 4) is 0 Å². The molecular formula is C10H15O6P. The standard InChI is InChI=1S/C10H15O6P/c1-3-15-17(13,16-4-2)7-8-5-6-14-9(8)10(11)12/h5-6H,3-4,7H2,1-2H3,(H,11,12). The molecule has 0 aliphatic rings. The van der Waals surface area contributed by atoms with Crippen molar-refractivity contribution in [1.82, 2.24) is 0 Å². The molecule has 0 amide bonds. The molecule has 0 atom stereocenters. The Balaban J connectivity index is 2.89. The molecule has 1 heterocycles. The van der Waals surface area contributed by atoms with E-state index < -0.39 is 13.6 Å². The number of carboxylic acid groups (broad SMARTS) is 1. The second-order valence-corrected chi connectivity index (χ2v) is 5.24. The molecule has 17 heavy (non-hydrogen) atoms. The first kappa shape index (κ1) is 14.0. The van der Waals surface area contributed by atoms with Gasteiger partial charge in [0.05, 0.1) is 25.6 Å². The molecule has 1 N–H and O–H groups in total. The molecule has 0 spiro atoms. The summed E-state index contributed by atoms with van der Waals surface area (Å²) in [6.45, 7) is 3.85. The molecule has 0 aliphatic carbocycles. The van der Waals surface area contributed by atoms with Gasteiger partial charge in [-0.15, -0.1) is 0 Å². The van der Waals surface area contributed by atoms with Gasteiger partial charge >= 0.3 is 13.6 Å². The summed E-state index contributed by atoms with van der Waals surface area (Å²) in [7, 11) is -3.30. The first-order valence-electron chi connectivity index (χ1n) is 5.20. The van der Waals surface area contributed by atoms with E-state index in [1.54, 1.807) is 13.8 Å². The lowest BCUT2D eigenvalue weighted by atomic mass is 10.3. The molecule has 0 aliphatic heterocycles. The lowest BCUT2D eigenvalue weighted by Crippen LogP contribution is -2.03. The zero-order valence-electron chi connectivity index (χ0n) is 9.71. The Morgan fingerprint density at radius 2 is 2.00 bits per heavy atom. The third-order valence-corrected chi connectivity index (χ3v) is 3.99. The Morgan fingerprint density at radius 3 is 2.47 bits per heavy atom. The quantitative estimate of drug-likeness (QED) is 0.760. The summed E-state index contributed by atoms with van der Waals surface area (Å²) in [6.07, 6.45) is 1.13. The Hall–Kier alpha value is -1.10. The molecule has 0 aromatic carbocycles. The van der Waals surface area contributed by atoms with Crippen LogP contribution in [0, 0.1) is 0 Å². The molecule has 0 unspecified atom stereocenters. The molecule has 1 aromatic rings. The van der Waals surface area contributed by atoms with Gasteiger partial charge in [0.1, 0.15) is 0 Å². The molecule has 1 rings (SSSR count). The Bertz CT molecular complexity index is 414. The summed E-state index contributed by atoms with van der Waals surface area (Å²) in [6, 6.07) is 1.45. The van der Waals surface area contributed by atoms with Gasteiger partial charge in [0.15, 0.2) is 0 Å². The molecule has 0 saturated carbocycles. The molecule has 0 fully saturated rings. The first-order chi connectivity index (χ1) is 8.02. The van der Waals surface area contributed by atoms with Gasteiger partial charge in [0, 0.05) is 5.56 Å². The van der Waals surface area contributed by atoms with E-state index >= 15 is 0 Å². The largest absolute Gasteiger partial charge is 0.475 e. The molecular weight excluding hydrogens is 247 g/mol. The number of aromatic carboxylic acids is 1. The van der Waals surface area contributed by atoms with Crippen LogP contribution in [0.3, 0.4) is 0 Å². The highest BCUT2D eigenvalue weighted by atomic mass is 31.2. The van der Waals surface area contributed by atoms with E-state index in [4.69, 9.17) is 18.6 Å². The first-order valence-corrected chi connectivity index (χ1v) is 6.93. The van der Waals surface area contributed by atoms with Gasteiger partial charge in [0.25, 0.3) is 0 Å². The number of carboxylic acids is 1. The molecule has 96 valence electrons. The fraction of sp³-hybridized carbons (Fsp3) is 0.500. The molecule has 0 radical (unpaired) electrons. The van der Waals surface area contributed by atoms with E-state index in [2.05, 4.69) is 0 Å². The van der Waals surface area contributed by atoms with Crippen LogP contribution in [-0.2, 0) is 19.8 Å². The normalized spacial score (nSPS) is 11.6. The second kappa shape index (κ2) is 6.00. The monoisotopic (exact) mass is 262 g/mol. The van der Waals surface area contributed by atoms with Crippen molar-refractivity contribution in [2.75, 3.05) is 13.2 Å². The molecule has 6 nitrogen and oxygen atoms in total. The van der Waals surface area contributed by atoms with E-state index in [1.807, 2.05) is 0 Å². The van der Waals surface area contributed by atoms with E-state index in [1.165, 1.54) is 12.3 Å². The van der Waals surface area contributed by atoms with Crippen LogP contribution < -0.4 is 0 Å². The Kier molecular flexibility index (Phi) is 4.93. The smallest absolute Gasteiger partial charge is 0.372 e. The second-order valence-electron chi connectivity index (χ2n) is 3.18. The van der Waals surface area contributed by atoms with E-state index in [-0.39, 0.29) is 25.1 Å². The average Bonchev–Trinajstić information content (AvgIpc) is 2.66. The summed E-state index contributed by atoms with van der Waals surface area (Å²) >= 11 is 0.